The van der Waals surface area contributed by atoms with Gasteiger partial charge in [-0.25, -0.2) is 4.98 Å². The summed E-state index contributed by atoms with van der Waals surface area (Å²) in [6, 6.07) is 6.06. The first-order valence-electron chi connectivity index (χ1n) is 6.49. The molecule has 8 heteroatoms. The van der Waals surface area contributed by atoms with Crippen LogP contribution in [0.1, 0.15) is 13.3 Å². The fraction of sp³-hybridized carbons (Fsp3) is 0.231. The summed E-state index contributed by atoms with van der Waals surface area (Å²) in [5.74, 6) is 0.481. The van der Waals surface area contributed by atoms with E-state index in [4.69, 9.17) is 10.5 Å². The zero-order chi connectivity index (χ0) is 14.7. The maximum atomic E-state index is 5.67. The van der Waals surface area contributed by atoms with Crippen molar-refractivity contribution in [1.29, 1.82) is 0 Å². The van der Waals surface area contributed by atoms with Crippen molar-refractivity contribution in [2.75, 3.05) is 17.7 Å². The van der Waals surface area contributed by atoms with E-state index in [1.165, 1.54) is 0 Å². The molecule has 0 fully saturated rings. The van der Waals surface area contributed by atoms with E-state index in [1.54, 1.807) is 11.3 Å². The van der Waals surface area contributed by atoms with E-state index in [-0.39, 0.29) is 12.0 Å². The lowest BCUT2D eigenvalue weighted by molar-refractivity contribution is 0.292. The zero-order valence-electron chi connectivity index (χ0n) is 11.4. The Hall–Kier alpha value is -2.48. The molecule has 0 aliphatic carbocycles. The summed E-state index contributed by atoms with van der Waals surface area (Å²) in [4.78, 5) is 16.4. The van der Waals surface area contributed by atoms with Crippen LogP contribution in [0, 0.1) is 0 Å². The maximum Gasteiger partial charge on any atom is 0.323 e. The highest BCUT2D eigenvalue weighted by atomic mass is 32.1. The number of nitrogens with two attached hydrogens (primary N) is 1. The third-order valence-corrected chi connectivity index (χ3v) is 3.45. The molecular formula is C13H14N6OS. The molecule has 0 spiro atoms. The Bertz CT molecular complexity index is 759. The molecule has 2 aromatic heterocycles. The number of nitrogens with one attached hydrogen (secondary N) is 1. The van der Waals surface area contributed by atoms with Crippen molar-refractivity contribution >= 4 is 39.1 Å². The molecule has 1 aromatic carbocycles. The van der Waals surface area contributed by atoms with Crippen LogP contribution in [0.15, 0.2) is 23.7 Å². The standard InChI is InChI=1S/C13H14N6OS/c1-2-5-20-13-18-11(14)17-12(19-13)16-8-3-4-9-10(6-8)21-7-15-9/h3-4,6-7H,2,5H2,1H3,(H3,14,16,17,18,19). The molecule has 0 bridgehead atoms. The van der Waals surface area contributed by atoms with Gasteiger partial charge in [0.15, 0.2) is 0 Å². The average molecular weight is 302 g/mol. The lowest BCUT2D eigenvalue weighted by atomic mass is 10.3. The van der Waals surface area contributed by atoms with Crippen molar-refractivity contribution in [2.24, 2.45) is 0 Å². The van der Waals surface area contributed by atoms with Gasteiger partial charge in [0.05, 0.1) is 22.3 Å². The Morgan fingerprint density at radius 3 is 3.05 bits per heavy atom. The molecule has 3 N–H and O–H groups in total. The largest absolute Gasteiger partial charge is 0.463 e. The Morgan fingerprint density at radius 1 is 1.29 bits per heavy atom. The highest BCUT2D eigenvalue weighted by Gasteiger charge is 2.06. The smallest absolute Gasteiger partial charge is 0.323 e. The van der Waals surface area contributed by atoms with Gasteiger partial charge >= 0.3 is 6.01 Å². The van der Waals surface area contributed by atoms with Gasteiger partial charge in [-0.3, -0.25) is 0 Å². The van der Waals surface area contributed by atoms with Crippen LogP contribution in [0.3, 0.4) is 0 Å². The summed E-state index contributed by atoms with van der Waals surface area (Å²) >= 11 is 1.58. The van der Waals surface area contributed by atoms with Gasteiger partial charge in [-0.15, -0.1) is 11.3 Å². The monoisotopic (exact) mass is 302 g/mol. The van der Waals surface area contributed by atoms with Crippen LogP contribution in [-0.4, -0.2) is 26.5 Å². The lowest BCUT2D eigenvalue weighted by Crippen LogP contribution is -2.07. The van der Waals surface area contributed by atoms with Crippen LogP contribution in [-0.2, 0) is 0 Å². The second-order valence-electron chi connectivity index (χ2n) is 4.31. The number of nitrogen functional groups attached to an aromatic ring is 1. The molecule has 108 valence electrons. The van der Waals surface area contributed by atoms with Crippen LogP contribution >= 0.6 is 11.3 Å². The number of benzene rings is 1. The van der Waals surface area contributed by atoms with Gasteiger partial charge in [0.2, 0.25) is 11.9 Å². The fourth-order valence-electron chi connectivity index (χ4n) is 1.75. The number of hydrogen-bond donors (Lipinski definition) is 2. The van der Waals surface area contributed by atoms with E-state index in [0.717, 1.165) is 22.3 Å². The van der Waals surface area contributed by atoms with Crippen LogP contribution in [0.5, 0.6) is 6.01 Å². The van der Waals surface area contributed by atoms with Crippen molar-refractivity contribution in [1.82, 2.24) is 19.9 Å². The highest BCUT2D eigenvalue weighted by Crippen LogP contribution is 2.23. The van der Waals surface area contributed by atoms with Crippen LogP contribution in [0.2, 0.25) is 0 Å². The third kappa shape index (κ3) is 3.16. The molecule has 0 amide bonds. The van der Waals surface area contributed by atoms with E-state index < -0.39 is 0 Å². The van der Waals surface area contributed by atoms with Crippen molar-refractivity contribution in [2.45, 2.75) is 13.3 Å². The molecule has 0 saturated heterocycles. The molecule has 0 aliphatic heterocycles. The second kappa shape index (κ2) is 5.88. The Morgan fingerprint density at radius 2 is 2.19 bits per heavy atom. The minimum absolute atomic E-state index is 0.123. The van der Waals surface area contributed by atoms with Gasteiger partial charge < -0.3 is 15.8 Å². The zero-order valence-corrected chi connectivity index (χ0v) is 12.2. The first-order valence-corrected chi connectivity index (χ1v) is 7.37. The first kappa shape index (κ1) is 13.5. The molecule has 7 nitrogen and oxygen atoms in total. The van der Waals surface area contributed by atoms with Crippen molar-refractivity contribution < 1.29 is 4.74 Å². The molecular weight excluding hydrogens is 288 g/mol. The molecule has 2 heterocycles. The van der Waals surface area contributed by atoms with Crippen molar-refractivity contribution in [3.05, 3.63) is 23.7 Å². The third-order valence-electron chi connectivity index (χ3n) is 2.65. The molecule has 0 atom stereocenters. The highest BCUT2D eigenvalue weighted by molar-refractivity contribution is 7.16. The van der Waals surface area contributed by atoms with Gasteiger partial charge in [0.1, 0.15) is 0 Å². The van der Waals surface area contributed by atoms with Gasteiger partial charge in [0, 0.05) is 5.69 Å². The van der Waals surface area contributed by atoms with Gasteiger partial charge in [-0.05, 0) is 24.6 Å². The number of ether oxygens (including phenoxy) is 1. The second-order valence-corrected chi connectivity index (χ2v) is 5.19. The summed E-state index contributed by atoms with van der Waals surface area (Å²) in [7, 11) is 0. The number of rotatable bonds is 5. The topological polar surface area (TPSA) is 98.8 Å². The van der Waals surface area contributed by atoms with Crippen LogP contribution in [0.4, 0.5) is 17.6 Å². The van der Waals surface area contributed by atoms with Crippen LogP contribution in [0.25, 0.3) is 10.2 Å². The summed E-state index contributed by atoms with van der Waals surface area (Å²) in [6.07, 6.45) is 0.871. The predicted octanol–water partition coefficient (Wildman–Crippen LogP) is 2.60. The number of anilines is 3. The Labute approximate surface area is 125 Å². The molecule has 21 heavy (non-hydrogen) atoms. The van der Waals surface area contributed by atoms with Crippen LogP contribution < -0.4 is 15.8 Å². The summed E-state index contributed by atoms with van der Waals surface area (Å²) in [6.45, 7) is 2.55. The lowest BCUT2D eigenvalue weighted by Gasteiger charge is -2.07. The molecule has 3 aromatic rings. The minimum Gasteiger partial charge on any atom is -0.463 e. The van der Waals surface area contributed by atoms with E-state index in [1.807, 2.05) is 30.6 Å². The maximum absolute atomic E-state index is 5.67. The Balaban J connectivity index is 1.84. The number of hydrogen-bond acceptors (Lipinski definition) is 8. The molecule has 0 radical (unpaired) electrons. The molecule has 0 aliphatic rings. The molecule has 3 rings (SSSR count). The Kier molecular flexibility index (Phi) is 3.78. The van der Waals surface area contributed by atoms with E-state index in [9.17, 15) is 0 Å². The van der Waals surface area contributed by atoms with E-state index >= 15 is 0 Å². The van der Waals surface area contributed by atoms with Crippen molar-refractivity contribution in [3.63, 3.8) is 0 Å². The normalized spacial score (nSPS) is 10.7. The number of nitrogens with zero attached hydrogens (tertiary/aromatic N) is 4. The SMILES string of the molecule is CCCOc1nc(N)nc(Nc2ccc3ncsc3c2)n1. The summed E-state index contributed by atoms with van der Waals surface area (Å²) in [5.41, 5.74) is 9.31. The van der Waals surface area contributed by atoms with Crippen molar-refractivity contribution in [3.8, 4) is 6.01 Å². The number of fused-ring (bicyclic) bond motifs is 1. The van der Waals surface area contributed by atoms with Gasteiger partial charge in [0.25, 0.3) is 0 Å². The fourth-order valence-corrected chi connectivity index (χ4v) is 2.46. The van der Waals surface area contributed by atoms with Gasteiger partial charge in [-0.2, -0.15) is 15.0 Å². The predicted molar refractivity (Wildman–Crippen MR) is 82.9 cm³/mol. The molecule has 0 saturated carbocycles. The first-order chi connectivity index (χ1) is 10.2. The summed E-state index contributed by atoms with van der Waals surface area (Å²) in [5, 5.41) is 3.10. The minimum atomic E-state index is 0.123. The average Bonchev–Trinajstić information content (AvgIpc) is 2.92. The van der Waals surface area contributed by atoms with Gasteiger partial charge in [-0.1, -0.05) is 6.92 Å². The van der Waals surface area contributed by atoms with E-state index in [2.05, 4.69) is 25.3 Å². The van der Waals surface area contributed by atoms with E-state index in [0.29, 0.717) is 12.6 Å². The molecule has 0 unspecified atom stereocenters. The number of thiazole rings is 1. The summed E-state index contributed by atoms with van der Waals surface area (Å²) < 4.78 is 6.47. The quantitative estimate of drug-likeness (QED) is 0.747. The number of aromatic nitrogens is 4.